The molecule has 1 saturated carbocycles. The van der Waals surface area contributed by atoms with Crippen molar-refractivity contribution in [2.75, 3.05) is 26.2 Å². The van der Waals surface area contributed by atoms with Crippen LogP contribution in [0.5, 0.6) is 5.75 Å². The maximum Gasteiger partial charge on any atom is 0.242 e. The van der Waals surface area contributed by atoms with Crippen LogP contribution in [-0.4, -0.2) is 47.9 Å². The summed E-state index contributed by atoms with van der Waals surface area (Å²) in [5, 5.41) is 2.10. The van der Waals surface area contributed by atoms with E-state index in [9.17, 15) is 9.59 Å². The quantitative estimate of drug-likeness (QED) is 0.534. The standard InChI is InChI=1S/C26H34N2O3S/c1-4-13-27(26(30)20-5-6-20)16-25(29)28-14-11-24-22(12-15-32-24)23(28)17-31-21-9-7-19(8-10-21)18(2)3/h7-10,12,15,18,20,23H,4-6,11,13-14,16-17H2,1-3H3/t23-/m0/s1. The van der Waals surface area contributed by atoms with E-state index < -0.39 is 0 Å². The van der Waals surface area contributed by atoms with Crippen molar-refractivity contribution < 1.29 is 14.3 Å². The van der Waals surface area contributed by atoms with E-state index in [4.69, 9.17) is 4.74 Å². The number of benzene rings is 1. The number of hydrogen-bond acceptors (Lipinski definition) is 4. The summed E-state index contributed by atoms with van der Waals surface area (Å²) in [7, 11) is 0. The fraction of sp³-hybridized carbons (Fsp3) is 0.538. The number of amides is 2. The predicted molar refractivity (Wildman–Crippen MR) is 128 cm³/mol. The van der Waals surface area contributed by atoms with E-state index in [0.29, 0.717) is 25.6 Å². The number of carbonyl (C=O) groups is 2. The molecule has 1 aromatic carbocycles. The van der Waals surface area contributed by atoms with Crippen molar-refractivity contribution in [3.05, 3.63) is 51.7 Å². The molecule has 0 spiro atoms. The second kappa shape index (κ2) is 10.1. The molecular weight excluding hydrogens is 420 g/mol. The maximum atomic E-state index is 13.4. The second-order valence-electron chi connectivity index (χ2n) is 9.22. The Morgan fingerprint density at radius 1 is 1.19 bits per heavy atom. The molecule has 1 fully saturated rings. The molecule has 1 aromatic heterocycles. The Kier molecular flexibility index (Phi) is 7.19. The Bertz CT molecular complexity index is 933. The monoisotopic (exact) mass is 454 g/mol. The molecule has 1 aliphatic carbocycles. The summed E-state index contributed by atoms with van der Waals surface area (Å²) in [4.78, 5) is 31.1. The van der Waals surface area contributed by atoms with E-state index in [1.807, 2.05) is 17.0 Å². The zero-order valence-corrected chi connectivity index (χ0v) is 20.2. The van der Waals surface area contributed by atoms with Gasteiger partial charge in [0.25, 0.3) is 0 Å². The number of thiophene rings is 1. The lowest BCUT2D eigenvalue weighted by atomic mass is 10.00. The van der Waals surface area contributed by atoms with Crippen LogP contribution in [0.1, 0.15) is 68.0 Å². The van der Waals surface area contributed by atoms with Gasteiger partial charge in [-0.1, -0.05) is 32.9 Å². The van der Waals surface area contributed by atoms with Crippen molar-refractivity contribution >= 4 is 23.2 Å². The molecule has 2 amide bonds. The van der Waals surface area contributed by atoms with Crippen LogP contribution in [0.3, 0.4) is 0 Å². The van der Waals surface area contributed by atoms with Crippen LogP contribution in [0.15, 0.2) is 35.7 Å². The van der Waals surface area contributed by atoms with Crippen molar-refractivity contribution in [3.8, 4) is 5.75 Å². The zero-order valence-electron chi connectivity index (χ0n) is 19.4. The Morgan fingerprint density at radius 3 is 2.59 bits per heavy atom. The molecule has 2 aliphatic rings. The van der Waals surface area contributed by atoms with Crippen LogP contribution >= 0.6 is 11.3 Å². The number of ether oxygens (including phenoxy) is 1. The third-order valence-electron chi connectivity index (χ3n) is 6.43. The first-order valence-electron chi connectivity index (χ1n) is 11.8. The van der Waals surface area contributed by atoms with E-state index in [2.05, 4.69) is 44.4 Å². The summed E-state index contributed by atoms with van der Waals surface area (Å²) in [6.45, 7) is 8.30. The summed E-state index contributed by atoms with van der Waals surface area (Å²) < 4.78 is 6.17. The molecule has 5 nitrogen and oxygen atoms in total. The highest BCUT2D eigenvalue weighted by Crippen LogP contribution is 2.35. The Balaban J connectivity index is 1.47. The lowest BCUT2D eigenvalue weighted by molar-refractivity contribution is -0.143. The predicted octanol–water partition coefficient (Wildman–Crippen LogP) is 5.02. The molecule has 0 unspecified atom stereocenters. The molecule has 0 N–H and O–H groups in total. The van der Waals surface area contributed by atoms with Crippen molar-refractivity contribution in [2.45, 2.75) is 58.4 Å². The number of nitrogens with zero attached hydrogens (tertiary/aromatic N) is 2. The summed E-state index contributed by atoms with van der Waals surface area (Å²) in [6.07, 6.45) is 3.64. The van der Waals surface area contributed by atoms with Gasteiger partial charge in [0.05, 0.1) is 12.6 Å². The summed E-state index contributed by atoms with van der Waals surface area (Å²) in [5.41, 5.74) is 2.47. The van der Waals surface area contributed by atoms with Crippen molar-refractivity contribution in [3.63, 3.8) is 0 Å². The summed E-state index contributed by atoms with van der Waals surface area (Å²) in [5.74, 6) is 1.60. The maximum absolute atomic E-state index is 13.4. The lowest BCUT2D eigenvalue weighted by Gasteiger charge is -2.37. The van der Waals surface area contributed by atoms with Gasteiger partial charge in [-0.3, -0.25) is 9.59 Å². The highest BCUT2D eigenvalue weighted by atomic mass is 32.1. The zero-order chi connectivity index (χ0) is 22.7. The Labute approximate surface area is 195 Å². The molecule has 4 rings (SSSR count). The first kappa shape index (κ1) is 22.8. The first-order chi connectivity index (χ1) is 15.5. The van der Waals surface area contributed by atoms with Crippen molar-refractivity contribution in [1.29, 1.82) is 0 Å². The summed E-state index contributed by atoms with van der Waals surface area (Å²) in [6, 6.07) is 10.2. The molecule has 1 atom stereocenters. The van der Waals surface area contributed by atoms with Gasteiger partial charge in [-0.15, -0.1) is 11.3 Å². The lowest BCUT2D eigenvalue weighted by Crippen LogP contribution is -2.48. The van der Waals surface area contributed by atoms with Gasteiger partial charge in [0.2, 0.25) is 11.8 Å². The average Bonchev–Trinajstić information content (AvgIpc) is 3.53. The van der Waals surface area contributed by atoms with Crippen LogP contribution in [0.4, 0.5) is 0 Å². The fourth-order valence-corrected chi connectivity index (χ4v) is 5.31. The third-order valence-corrected chi connectivity index (χ3v) is 7.42. The molecule has 6 heteroatoms. The Morgan fingerprint density at radius 2 is 1.94 bits per heavy atom. The second-order valence-corrected chi connectivity index (χ2v) is 10.2. The highest BCUT2D eigenvalue weighted by molar-refractivity contribution is 7.10. The molecule has 2 aromatic rings. The van der Waals surface area contributed by atoms with Crippen molar-refractivity contribution in [2.24, 2.45) is 5.92 Å². The van der Waals surface area contributed by atoms with Crippen LogP contribution in [0, 0.1) is 5.92 Å². The number of rotatable bonds is 9. The van der Waals surface area contributed by atoms with Crippen LogP contribution in [0.25, 0.3) is 0 Å². The molecule has 1 aliphatic heterocycles. The molecule has 0 radical (unpaired) electrons. The largest absolute Gasteiger partial charge is 0.491 e. The number of fused-ring (bicyclic) bond motifs is 1. The first-order valence-corrected chi connectivity index (χ1v) is 12.7. The minimum absolute atomic E-state index is 0.0213. The SMILES string of the molecule is CCCN(CC(=O)N1CCc2sccc2[C@@H]1COc1ccc(C(C)C)cc1)C(=O)C1CC1. The van der Waals surface area contributed by atoms with E-state index in [1.165, 1.54) is 16.0 Å². The molecule has 32 heavy (non-hydrogen) atoms. The fourth-order valence-electron chi connectivity index (χ4n) is 4.38. The highest BCUT2D eigenvalue weighted by Gasteiger charge is 2.37. The van der Waals surface area contributed by atoms with E-state index in [-0.39, 0.29) is 30.3 Å². The summed E-state index contributed by atoms with van der Waals surface area (Å²) >= 11 is 1.75. The van der Waals surface area contributed by atoms with Crippen molar-refractivity contribution in [1.82, 2.24) is 9.80 Å². The third kappa shape index (κ3) is 5.17. The van der Waals surface area contributed by atoms with Gasteiger partial charge in [-0.05, 0) is 66.3 Å². The van der Waals surface area contributed by atoms with Crippen LogP contribution in [-0.2, 0) is 16.0 Å². The normalized spacial score (nSPS) is 17.9. The van der Waals surface area contributed by atoms with Gasteiger partial charge in [0, 0.05) is 23.9 Å². The van der Waals surface area contributed by atoms with Crippen LogP contribution in [0.2, 0.25) is 0 Å². The number of hydrogen-bond donors (Lipinski definition) is 0. The minimum Gasteiger partial charge on any atom is -0.491 e. The number of carbonyl (C=O) groups excluding carboxylic acids is 2. The molecular formula is C26H34N2O3S. The molecule has 0 saturated heterocycles. The molecule has 2 heterocycles. The van der Waals surface area contributed by atoms with E-state index in [1.54, 1.807) is 16.2 Å². The van der Waals surface area contributed by atoms with Gasteiger partial charge in [-0.2, -0.15) is 0 Å². The van der Waals surface area contributed by atoms with Gasteiger partial charge < -0.3 is 14.5 Å². The van der Waals surface area contributed by atoms with Gasteiger partial charge in [0.1, 0.15) is 12.4 Å². The van der Waals surface area contributed by atoms with E-state index in [0.717, 1.165) is 31.4 Å². The Hall–Kier alpha value is -2.34. The van der Waals surface area contributed by atoms with Gasteiger partial charge in [0.15, 0.2) is 0 Å². The average molecular weight is 455 g/mol. The minimum atomic E-state index is -0.123. The van der Waals surface area contributed by atoms with Gasteiger partial charge >= 0.3 is 0 Å². The van der Waals surface area contributed by atoms with Gasteiger partial charge in [-0.25, -0.2) is 0 Å². The van der Waals surface area contributed by atoms with Crippen LogP contribution < -0.4 is 4.74 Å². The molecule has 172 valence electrons. The van der Waals surface area contributed by atoms with E-state index >= 15 is 0 Å². The smallest absolute Gasteiger partial charge is 0.242 e. The topological polar surface area (TPSA) is 49.9 Å². The molecule has 0 bridgehead atoms.